The Morgan fingerprint density at radius 1 is 1.11 bits per heavy atom. The molecule has 6 N–H and O–H groups in total. The minimum atomic E-state index is -1.45. The fourth-order valence-electron chi connectivity index (χ4n) is 1.90. The van der Waals surface area contributed by atoms with Gasteiger partial charge in [-0.25, -0.2) is 0 Å². The Bertz CT molecular complexity index is 411. The zero-order chi connectivity index (χ0) is 14.0. The van der Waals surface area contributed by atoms with Gasteiger partial charge in [-0.3, -0.25) is 0 Å². The fourth-order valence-corrected chi connectivity index (χ4v) is 1.90. The Hall–Kier alpha value is -1.38. The molecule has 1 saturated heterocycles. The van der Waals surface area contributed by atoms with Crippen LogP contribution in [-0.4, -0.2) is 57.7 Å². The molecule has 0 radical (unpaired) electrons. The van der Waals surface area contributed by atoms with Crippen LogP contribution >= 0.6 is 0 Å². The normalized spacial score (nSPS) is 35.1. The standard InChI is InChI=1S/C12H17NO6/c13-6-1-3-7(4-2-6)18-11-10(16)9(15)8(5-14)19-12(11)17/h1-4,8-12,14-17H,5,13H2/t8-,9-,10+,11-,12+/m1/s1. The molecule has 7 nitrogen and oxygen atoms in total. The molecule has 106 valence electrons. The molecule has 0 amide bonds. The van der Waals surface area contributed by atoms with Crippen molar-refractivity contribution in [2.75, 3.05) is 12.3 Å². The van der Waals surface area contributed by atoms with Gasteiger partial charge in [0.1, 0.15) is 24.1 Å². The van der Waals surface area contributed by atoms with Crippen LogP contribution in [0.4, 0.5) is 5.69 Å². The molecule has 7 heteroatoms. The van der Waals surface area contributed by atoms with Crippen LogP contribution in [0.25, 0.3) is 0 Å². The van der Waals surface area contributed by atoms with Crippen molar-refractivity contribution < 1.29 is 29.9 Å². The summed E-state index contributed by atoms with van der Waals surface area (Å²) in [5.74, 6) is 0.371. The van der Waals surface area contributed by atoms with Crippen molar-refractivity contribution >= 4 is 5.69 Å². The highest BCUT2D eigenvalue weighted by Gasteiger charge is 2.45. The molecule has 2 rings (SSSR count). The van der Waals surface area contributed by atoms with Gasteiger partial charge in [-0.1, -0.05) is 0 Å². The van der Waals surface area contributed by atoms with Crippen molar-refractivity contribution in [3.63, 3.8) is 0 Å². The number of benzene rings is 1. The minimum Gasteiger partial charge on any atom is -0.482 e. The Labute approximate surface area is 109 Å². The number of anilines is 1. The number of ether oxygens (including phenoxy) is 2. The molecule has 5 atom stereocenters. The van der Waals surface area contributed by atoms with Crippen LogP contribution in [0.2, 0.25) is 0 Å². The van der Waals surface area contributed by atoms with Crippen LogP contribution in [-0.2, 0) is 4.74 Å². The van der Waals surface area contributed by atoms with E-state index in [0.29, 0.717) is 11.4 Å². The second-order valence-corrected chi connectivity index (χ2v) is 4.38. The van der Waals surface area contributed by atoms with Crippen LogP contribution in [0.15, 0.2) is 24.3 Å². The molecule has 19 heavy (non-hydrogen) atoms. The molecular weight excluding hydrogens is 254 g/mol. The van der Waals surface area contributed by atoms with Gasteiger partial charge in [0.2, 0.25) is 0 Å². The Kier molecular flexibility index (Phi) is 4.23. The van der Waals surface area contributed by atoms with Gasteiger partial charge < -0.3 is 35.6 Å². The lowest BCUT2D eigenvalue weighted by Gasteiger charge is -2.39. The summed E-state index contributed by atoms with van der Waals surface area (Å²) in [5, 5.41) is 38.2. The minimum absolute atomic E-state index is 0.371. The van der Waals surface area contributed by atoms with Gasteiger partial charge in [-0.05, 0) is 24.3 Å². The lowest BCUT2D eigenvalue weighted by Crippen LogP contribution is -2.60. The van der Waals surface area contributed by atoms with Gasteiger partial charge in [0.05, 0.1) is 6.61 Å². The molecule has 1 heterocycles. The highest BCUT2D eigenvalue weighted by molar-refractivity contribution is 5.41. The summed E-state index contributed by atoms with van der Waals surface area (Å²) in [6.45, 7) is -0.510. The first-order valence-electron chi connectivity index (χ1n) is 5.85. The third-order valence-electron chi connectivity index (χ3n) is 2.99. The first-order chi connectivity index (χ1) is 9.02. The summed E-state index contributed by atoms with van der Waals surface area (Å²) in [4.78, 5) is 0. The molecular formula is C12H17NO6. The van der Waals surface area contributed by atoms with Gasteiger partial charge in [0.15, 0.2) is 12.4 Å². The number of nitrogen functional groups attached to an aromatic ring is 1. The number of hydrogen-bond acceptors (Lipinski definition) is 7. The number of rotatable bonds is 3. The molecule has 0 aromatic heterocycles. The van der Waals surface area contributed by atoms with Gasteiger partial charge in [-0.15, -0.1) is 0 Å². The molecule has 0 aliphatic carbocycles. The molecule has 1 fully saturated rings. The maximum atomic E-state index is 9.87. The summed E-state index contributed by atoms with van der Waals surface area (Å²) in [5.41, 5.74) is 6.08. The molecule has 0 bridgehead atoms. The third-order valence-corrected chi connectivity index (χ3v) is 2.99. The van der Waals surface area contributed by atoms with E-state index in [0.717, 1.165) is 0 Å². The van der Waals surface area contributed by atoms with Crippen LogP contribution in [0.5, 0.6) is 5.75 Å². The second kappa shape index (κ2) is 5.72. The van der Waals surface area contributed by atoms with Crippen molar-refractivity contribution in [3.05, 3.63) is 24.3 Å². The topological polar surface area (TPSA) is 125 Å². The first-order valence-corrected chi connectivity index (χ1v) is 5.85. The summed E-state index contributed by atoms with van der Waals surface area (Å²) in [7, 11) is 0. The number of hydrogen-bond donors (Lipinski definition) is 5. The number of nitrogens with two attached hydrogens (primary N) is 1. The summed E-state index contributed by atoms with van der Waals surface area (Å²) in [6, 6.07) is 6.34. The van der Waals surface area contributed by atoms with Crippen molar-refractivity contribution in [1.82, 2.24) is 0 Å². The SMILES string of the molecule is Nc1ccc(O[C@@H]2[C@@H](O)[C@H](O)[C@@H](CO)O[C@@H]2O)cc1. The van der Waals surface area contributed by atoms with Crippen molar-refractivity contribution in [2.45, 2.75) is 30.7 Å². The molecule has 0 saturated carbocycles. The predicted octanol–water partition coefficient (Wildman–Crippen LogP) is -1.55. The van der Waals surface area contributed by atoms with E-state index in [9.17, 15) is 15.3 Å². The van der Waals surface area contributed by atoms with E-state index in [1.165, 1.54) is 0 Å². The summed E-state index contributed by atoms with van der Waals surface area (Å²) in [6.07, 6.45) is -6.36. The van der Waals surface area contributed by atoms with E-state index in [1.807, 2.05) is 0 Å². The van der Waals surface area contributed by atoms with Crippen LogP contribution < -0.4 is 10.5 Å². The van der Waals surface area contributed by atoms with Crippen molar-refractivity contribution in [2.24, 2.45) is 0 Å². The third kappa shape index (κ3) is 2.96. The van der Waals surface area contributed by atoms with Crippen LogP contribution in [0.1, 0.15) is 0 Å². The van der Waals surface area contributed by atoms with Crippen LogP contribution in [0.3, 0.4) is 0 Å². The summed E-state index contributed by atoms with van der Waals surface area (Å²) < 4.78 is 10.3. The highest BCUT2D eigenvalue weighted by atomic mass is 16.7. The first kappa shape index (κ1) is 14.0. The maximum absolute atomic E-state index is 9.87. The van der Waals surface area contributed by atoms with Crippen LogP contribution in [0, 0.1) is 0 Å². The van der Waals surface area contributed by atoms with E-state index in [-0.39, 0.29) is 0 Å². The smallest absolute Gasteiger partial charge is 0.195 e. The van der Waals surface area contributed by atoms with Crippen molar-refractivity contribution in [1.29, 1.82) is 0 Å². The molecule has 1 aromatic carbocycles. The van der Waals surface area contributed by atoms with Gasteiger partial charge in [-0.2, -0.15) is 0 Å². The van der Waals surface area contributed by atoms with E-state index in [2.05, 4.69) is 0 Å². The Morgan fingerprint density at radius 2 is 1.74 bits per heavy atom. The Morgan fingerprint density at radius 3 is 2.32 bits per heavy atom. The highest BCUT2D eigenvalue weighted by Crippen LogP contribution is 2.24. The molecule has 0 unspecified atom stereocenters. The summed E-state index contributed by atoms with van der Waals surface area (Å²) >= 11 is 0. The van der Waals surface area contributed by atoms with E-state index < -0.39 is 37.3 Å². The average Bonchev–Trinajstić information content (AvgIpc) is 2.41. The monoisotopic (exact) mass is 271 g/mol. The van der Waals surface area contributed by atoms with Gasteiger partial charge in [0.25, 0.3) is 0 Å². The van der Waals surface area contributed by atoms with Gasteiger partial charge >= 0.3 is 0 Å². The average molecular weight is 271 g/mol. The molecule has 0 spiro atoms. The lowest BCUT2D eigenvalue weighted by molar-refractivity contribution is -0.280. The van der Waals surface area contributed by atoms with E-state index >= 15 is 0 Å². The zero-order valence-corrected chi connectivity index (χ0v) is 10.1. The maximum Gasteiger partial charge on any atom is 0.195 e. The quantitative estimate of drug-likeness (QED) is 0.421. The second-order valence-electron chi connectivity index (χ2n) is 4.38. The number of aliphatic hydroxyl groups is 4. The van der Waals surface area contributed by atoms with Gasteiger partial charge in [0, 0.05) is 5.69 Å². The van der Waals surface area contributed by atoms with Crippen molar-refractivity contribution in [3.8, 4) is 5.75 Å². The lowest BCUT2D eigenvalue weighted by atomic mass is 9.99. The number of aliphatic hydroxyl groups excluding tert-OH is 4. The zero-order valence-electron chi connectivity index (χ0n) is 10.1. The molecule has 1 aromatic rings. The molecule has 1 aliphatic rings. The van der Waals surface area contributed by atoms with E-state index in [1.54, 1.807) is 24.3 Å². The Balaban J connectivity index is 2.09. The molecule has 1 aliphatic heterocycles. The largest absolute Gasteiger partial charge is 0.482 e. The van der Waals surface area contributed by atoms with E-state index in [4.69, 9.17) is 20.3 Å². The predicted molar refractivity (Wildman–Crippen MR) is 65.2 cm³/mol. The fraction of sp³-hybridized carbons (Fsp3) is 0.500.